The lowest BCUT2D eigenvalue weighted by molar-refractivity contribution is -0.143. The number of fused-ring (bicyclic) bond motifs is 1. The minimum Gasteiger partial charge on any atom is -0.345 e. The average Bonchev–Trinajstić information content (AvgIpc) is 2.89. The highest BCUT2D eigenvalue weighted by Crippen LogP contribution is 2.22. The quantitative estimate of drug-likeness (QED) is 0.744. The number of H-pyrrole nitrogens is 1. The zero-order chi connectivity index (χ0) is 15.2. The molecule has 1 aromatic heterocycles. The summed E-state index contributed by atoms with van der Waals surface area (Å²) in [7, 11) is 0. The summed E-state index contributed by atoms with van der Waals surface area (Å²) >= 11 is 0. The number of rotatable bonds is 1. The maximum absolute atomic E-state index is 12.6. The number of aromatic nitrogens is 2. The van der Waals surface area contributed by atoms with E-state index in [0.29, 0.717) is 5.56 Å². The second kappa shape index (κ2) is 4.41. The lowest BCUT2D eigenvalue weighted by atomic mass is 9.97. The average molecular weight is 286 g/mol. The Morgan fingerprint density at radius 2 is 2.10 bits per heavy atom. The normalized spacial score (nSPS) is 17.9. The predicted molar refractivity (Wildman–Crippen MR) is 74.4 cm³/mol. The van der Waals surface area contributed by atoms with Crippen LogP contribution < -0.4 is 5.32 Å². The van der Waals surface area contributed by atoms with Crippen molar-refractivity contribution in [3.8, 4) is 0 Å². The molecule has 0 saturated carbocycles. The molecular formula is C14H14N4O3. The number of amides is 3. The van der Waals surface area contributed by atoms with E-state index < -0.39 is 17.4 Å². The van der Waals surface area contributed by atoms with Crippen molar-refractivity contribution < 1.29 is 14.4 Å². The first-order valence-electron chi connectivity index (χ1n) is 6.49. The number of benzene rings is 1. The molecule has 108 valence electrons. The molecule has 1 aliphatic rings. The van der Waals surface area contributed by atoms with Crippen LogP contribution in [0.2, 0.25) is 0 Å². The first-order valence-corrected chi connectivity index (χ1v) is 6.49. The van der Waals surface area contributed by atoms with Gasteiger partial charge in [-0.15, -0.1) is 0 Å². The summed E-state index contributed by atoms with van der Waals surface area (Å²) in [5.41, 5.74) is 0.806. The number of carbonyl (C=O) groups excluding carboxylic acids is 3. The Kier molecular flexibility index (Phi) is 2.79. The highest BCUT2D eigenvalue weighted by atomic mass is 16.2. The van der Waals surface area contributed by atoms with E-state index in [1.807, 2.05) is 0 Å². The third-order valence-electron chi connectivity index (χ3n) is 3.70. The summed E-state index contributed by atoms with van der Waals surface area (Å²) in [4.78, 5) is 44.4. The van der Waals surface area contributed by atoms with Crippen molar-refractivity contribution >= 4 is 28.8 Å². The van der Waals surface area contributed by atoms with E-state index in [9.17, 15) is 14.4 Å². The van der Waals surface area contributed by atoms with Gasteiger partial charge in [0.25, 0.3) is 11.8 Å². The molecule has 0 bridgehead atoms. The van der Waals surface area contributed by atoms with Gasteiger partial charge in [0.1, 0.15) is 12.1 Å². The van der Waals surface area contributed by atoms with Gasteiger partial charge >= 0.3 is 0 Å². The van der Waals surface area contributed by atoms with Gasteiger partial charge in [0.15, 0.2) is 0 Å². The highest BCUT2D eigenvalue weighted by Gasteiger charge is 2.43. The number of nitrogens with zero attached hydrogens (tertiary/aromatic N) is 2. The van der Waals surface area contributed by atoms with Crippen molar-refractivity contribution in [2.75, 3.05) is 6.54 Å². The molecule has 0 radical (unpaired) electrons. The van der Waals surface area contributed by atoms with Gasteiger partial charge in [0.2, 0.25) is 5.91 Å². The van der Waals surface area contributed by atoms with E-state index in [1.54, 1.807) is 38.4 Å². The third kappa shape index (κ3) is 2.06. The second-order valence-corrected chi connectivity index (χ2v) is 5.46. The molecule has 0 atom stereocenters. The zero-order valence-corrected chi connectivity index (χ0v) is 11.6. The van der Waals surface area contributed by atoms with Crippen molar-refractivity contribution in [1.82, 2.24) is 20.2 Å². The van der Waals surface area contributed by atoms with E-state index in [-0.39, 0.29) is 12.5 Å². The lowest BCUT2D eigenvalue weighted by Crippen LogP contribution is -2.65. The van der Waals surface area contributed by atoms with Crippen LogP contribution in [0.3, 0.4) is 0 Å². The van der Waals surface area contributed by atoms with Crippen molar-refractivity contribution in [2.45, 2.75) is 19.4 Å². The Bertz CT molecular complexity index is 762. The summed E-state index contributed by atoms with van der Waals surface area (Å²) in [5, 5.41) is 2.24. The number of hydrogen-bond acceptors (Lipinski definition) is 4. The highest BCUT2D eigenvalue weighted by molar-refractivity contribution is 6.09. The molecule has 21 heavy (non-hydrogen) atoms. The van der Waals surface area contributed by atoms with Gasteiger partial charge < -0.3 is 9.88 Å². The fraction of sp³-hybridized carbons (Fsp3) is 0.286. The smallest absolute Gasteiger partial charge is 0.255 e. The summed E-state index contributed by atoms with van der Waals surface area (Å²) in [6, 6.07) is 5.02. The van der Waals surface area contributed by atoms with Gasteiger partial charge in [0, 0.05) is 5.56 Å². The van der Waals surface area contributed by atoms with Gasteiger partial charge in [-0.3, -0.25) is 19.7 Å². The number of imide groups is 1. The minimum absolute atomic E-state index is 0.140. The first kappa shape index (κ1) is 13.3. The Balaban J connectivity index is 1.99. The fourth-order valence-corrected chi connectivity index (χ4v) is 2.33. The predicted octanol–water partition coefficient (Wildman–Crippen LogP) is 0.440. The van der Waals surface area contributed by atoms with Crippen LogP contribution in [-0.2, 0) is 9.59 Å². The van der Waals surface area contributed by atoms with Crippen LogP contribution in [0, 0.1) is 0 Å². The van der Waals surface area contributed by atoms with E-state index in [1.165, 1.54) is 4.90 Å². The number of aromatic amines is 1. The van der Waals surface area contributed by atoms with Crippen LogP contribution in [0.25, 0.3) is 11.0 Å². The summed E-state index contributed by atoms with van der Waals surface area (Å²) in [6.45, 7) is 3.08. The Morgan fingerprint density at radius 3 is 2.86 bits per heavy atom. The second-order valence-electron chi connectivity index (χ2n) is 5.46. The van der Waals surface area contributed by atoms with Gasteiger partial charge in [-0.05, 0) is 32.0 Å². The van der Waals surface area contributed by atoms with Gasteiger partial charge in [-0.2, -0.15) is 0 Å². The number of nitrogens with one attached hydrogen (secondary N) is 2. The molecule has 1 aliphatic heterocycles. The molecule has 2 N–H and O–H groups in total. The maximum Gasteiger partial charge on any atom is 0.255 e. The van der Waals surface area contributed by atoms with Crippen LogP contribution in [0.15, 0.2) is 24.5 Å². The summed E-state index contributed by atoms with van der Waals surface area (Å²) < 4.78 is 0. The summed E-state index contributed by atoms with van der Waals surface area (Å²) in [5.74, 6) is -1.32. The molecule has 1 aromatic carbocycles. The van der Waals surface area contributed by atoms with E-state index >= 15 is 0 Å². The molecule has 1 saturated heterocycles. The van der Waals surface area contributed by atoms with E-state index in [0.717, 1.165) is 11.0 Å². The first-order chi connectivity index (χ1) is 9.89. The fourth-order valence-electron chi connectivity index (χ4n) is 2.33. The number of piperazine rings is 1. The molecule has 3 amide bonds. The molecule has 0 spiro atoms. The molecule has 0 aliphatic carbocycles. The largest absolute Gasteiger partial charge is 0.345 e. The van der Waals surface area contributed by atoms with Crippen LogP contribution in [0.5, 0.6) is 0 Å². The molecule has 3 rings (SSSR count). The molecule has 1 fully saturated rings. The van der Waals surface area contributed by atoms with Crippen LogP contribution >= 0.6 is 0 Å². The van der Waals surface area contributed by atoms with Gasteiger partial charge in [-0.1, -0.05) is 0 Å². The SMILES string of the molecule is CC1(C)C(=O)NC(=O)CN1C(=O)c1ccc2nc[nH]c2c1. The van der Waals surface area contributed by atoms with Crippen LogP contribution in [0.4, 0.5) is 0 Å². The maximum atomic E-state index is 12.6. The lowest BCUT2D eigenvalue weighted by Gasteiger charge is -2.40. The van der Waals surface area contributed by atoms with Crippen molar-refractivity contribution in [2.24, 2.45) is 0 Å². The van der Waals surface area contributed by atoms with Crippen LogP contribution in [0.1, 0.15) is 24.2 Å². The number of hydrogen-bond donors (Lipinski definition) is 2. The van der Waals surface area contributed by atoms with Crippen LogP contribution in [-0.4, -0.2) is 44.7 Å². The van der Waals surface area contributed by atoms with E-state index in [4.69, 9.17) is 0 Å². The minimum atomic E-state index is -1.08. The third-order valence-corrected chi connectivity index (χ3v) is 3.70. The molecule has 0 unspecified atom stereocenters. The van der Waals surface area contributed by atoms with Gasteiger partial charge in [-0.25, -0.2) is 4.98 Å². The number of imidazole rings is 1. The Hall–Kier alpha value is -2.70. The monoisotopic (exact) mass is 286 g/mol. The Labute approximate surface area is 120 Å². The molecule has 2 heterocycles. The number of carbonyl (C=O) groups is 3. The zero-order valence-electron chi connectivity index (χ0n) is 11.6. The Morgan fingerprint density at radius 1 is 1.33 bits per heavy atom. The van der Waals surface area contributed by atoms with Crippen molar-refractivity contribution in [3.05, 3.63) is 30.1 Å². The molecule has 2 aromatic rings. The standard InChI is InChI=1S/C14H14N4O3/c1-14(2)13(21)17-11(19)6-18(14)12(20)8-3-4-9-10(5-8)16-7-15-9/h3-5,7H,6H2,1-2H3,(H,15,16)(H,17,19,21). The topological polar surface area (TPSA) is 95.2 Å². The van der Waals surface area contributed by atoms with Gasteiger partial charge in [0.05, 0.1) is 17.4 Å². The van der Waals surface area contributed by atoms with Crippen molar-refractivity contribution in [1.29, 1.82) is 0 Å². The molecule has 7 heteroatoms. The summed E-state index contributed by atoms with van der Waals surface area (Å²) in [6.07, 6.45) is 1.54. The molecule has 7 nitrogen and oxygen atoms in total. The van der Waals surface area contributed by atoms with E-state index in [2.05, 4.69) is 15.3 Å². The molecular weight excluding hydrogens is 272 g/mol. The van der Waals surface area contributed by atoms with Crippen molar-refractivity contribution in [3.63, 3.8) is 0 Å².